The Balaban J connectivity index is 1.84. The van der Waals surface area contributed by atoms with Gasteiger partial charge in [0.1, 0.15) is 5.69 Å². The van der Waals surface area contributed by atoms with E-state index in [0.717, 1.165) is 5.69 Å². The minimum Gasteiger partial charge on any atom is -0.284 e. The van der Waals surface area contributed by atoms with Crippen molar-refractivity contribution in [2.75, 3.05) is 4.90 Å². The van der Waals surface area contributed by atoms with Crippen LogP contribution in [0.2, 0.25) is 0 Å². The van der Waals surface area contributed by atoms with Crippen LogP contribution in [-0.2, 0) is 17.9 Å². The van der Waals surface area contributed by atoms with Crippen LogP contribution in [0.25, 0.3) is 5.69 Å². The van der Waals surface area contributed by atoms with Crippen molar-refractivity contribution < 1.29 is 4.79 Å². The van der Waals surface area contributed by atoms with Crippen LogP contribution in [0, 0.1) is 0 Å². The molecule has 8 nitrogen and oxygen atoms in total. The van der Waals surface area contributed by atoms with Gasteiger partial charge in [0.15, 0.2) is 5.82 Å². The molecule has 0 aliphatic rings. The predicted molar refractivity (Wildman–Crippen MR) is 88.4 cm³/mol. The van der Waals surface area contributed by atoms with Gasteiger partial charge in [0, 0.05) is 0 Å². The van der Waals surface area contributed by atoms with Gasteiger partial charge in [0.05, 0.1) is 31.2 Å². The number of carbonyl (C=O) groups excluding carboxylic acids is 1. The van der Waals surface area contributed by atoms with Crippen LogP contribution in [0.5, 0.6) is 0 Å². The van der Waals surface area contributed by atoms with Gasteiger partial charge >= 0.3 is 0 Å². The molecule has 3 rings (SSSR count). The predicted octanol–water partition coefficient (Wildman–Crippen LogP) is 1.60. The molecular weight excluding hydrogens is 306 g/mol. The summed E-state index contributed by atoms with van der Waals surface area (Å²) in [5.74, 6) is 0.184. The standard InChI is InChI=1S/C16H17N7O/c1-3-16(24)21(15-11-17-22(4-2)20-15)12-13-10-18-23(19-13)14-8-6-5-7-9-14/h3,5-11H,1,4,12H2,2H3. The lowest BCUT2D eigenvalue weighted by molar-refractivity contribution is -0.114. The Hall–Kier alpha value is -3.29. The molecule has 2 aromatic heterocycles. The lowest BCUT2D eigenvalue weighted by atomic mass is 10.3. The largest absolute Gasteiger partial charge is 0.284 e. The van der Waals surface area contributed by atoms with Gasteiger partial charge in [-0.1, -0.05) is 24.8 Å². The second-order valence-corrected chi connectivity index (χ2v) is 4.98. The molecule has 0 saturated carbocycles. The molecule has 0 aliphatic heterocycles. The van der Waals surface area contributed by atoms with Crippen molar-refractivity contribution in [3.63, 3.8) is 0 Å². The van der Waals surface area contributed by atoms with Crippen LogP contribution in [-0.4, -0.2) is 35.9 Å². The molecule has 0 atom stereocenters. The molecule has 0 bridgehead atoms. The number of para-hydroxylation sites is 1. The summed E-state index contributed by atoms with van der Waals surface area (Å²) in [6, 6.07) is 9.56. The maximum absolute atomic E-state index is 12.2. The van der Waals surface area contributed by atoms with Gasteiger partial charge in [-0.05, 0) is 25.1 Å². The fraction of sp³-hybridized carbons (Fsp3) is 0.188. The smallest absolute Gasteiger partial charge is 0.252 e. The molecule has 0 N–H and O–H groups in total. The lowest BCUT2D eigenvalue weighted by Crippen LogP contribution is -2.29. The summed E-state index contributed by atoms with van der Waals surface area (Å²) in [4.78, 5) is 16.7. The van der Waals surface area contributed by atoms with E-state index in [2.05, 4.69) is 27.0 Å². The quantitative estimate of drug-likeness (QED) is 0.644. The average molecular weight is 323 g/mol. The zero-order chi connectivity index (χ0) is 16.9. The molecule has 0 spiro atoms. The SMILES string of the molecule is C=CC(=O)N(Cc1cnn(-c2ccccc2)n1)c1cnn(CC)n1. The van der Waals surface area contributed by atoms with E-state index >= 15 is 0 Å². The third kappa shape index (κ3) is 3.22. The van der Waals surface area contributed by atoms with Crippen LogP contribution in [0.3, 0.4) is 0 Å². The van der Waals surface area contributed by atoms with Gasteiger partial charge in [-0.15, -0.1) is 5.10 Å². The number of rotatable bonds is 6. The highest BCUT2D eigenvalue weighted by Gasteiger charge is 2.18. The van der Waals surface area contributed by atoms with E-state index in [1.165, 1.54) is 20.6 Å². The number of amides is 1. The van der Waals surface area contributed by atoms with Crippen LogP contribution >= 0.6 is 0 Å². The van der Waals surface area contributed by atoms with Crippen molar-refractivity contribution in [3.8, 4) is 5.69 Å². The first-order chi connectivity index (χ1) is 11.7. The molecule has 0 aliphatic carbocycles. The highest BCUT2D eigenvalue weighted by molar-refractivity contribution is 6.00. The van der Waals surface area contributed by atoms with E-state index < -0.39 is 0 Å². The summed E-state index contributed by atoms with van der Waals surface area (Å²) in [7, 11) is 0. The van der Waals surface area contributed by atoms with Crippen LogP contribution in [0.1, 0.15) is 12.6 Å². The van der Waals surface area contributed by atoms with Crippen molar-refractivity contribution in [2.24, 2.45) is 0 Å². The van der Waals surface area contributed by atoms with Crippen molar-refractivity contribution in [3.05, 3.63) is 61.1 Å². The number of benzene rings is 1. The van der Waals surface area contributed by atoms with Crippen molar-refractivity contribution in [1.82, 2.24) is 30.0 Å². The number of anilines is 1. The highest BCUT2D eigenvalue weighted by atomic mass is 16.2. The summed E-state index contributed by atoms with van der Waals surface area (Å²) in [5.41, 5.74) is 1.49. The summed E-state index contributed by atoms with van der Waals surface area (Å²) in [5, 5.41) is 17.0. The zero-order valence-corrected chi connectivity index (χ0v) is 13.3. The van der Waals surface area contributed by atoms with E-state index in [-0.39, 0.29) is 12.5 Å². The molecule has 0 saturated heterocycles. The van der Waals surface area contributed by atoms with Crippen LogP contribution < -0.4 is 4.90 Å². The Morgan fingerprint density at radius 1 is 1.21 bits per heavy atom. The first-order valence-corrected chi connectivity index (χ1v) is 7.52. The molecule has 1 aromatic carbocycles. The van der Waals surface area contributed by atoms with Crippen molar-refractivity contribution in [2.45, 2.75) is 20.0 Å². The number of aryl methyl sites for hydroxylation is 1. The second kappa shape index (κ2) is 6.86. The topological polar surface area (TPSA) is 81.7 Å². The number of aromatic nitrogens is 6. The Kier molecular flexibility index (Phi) is 4.46. The maximum Gasteiger partial charge on any atom is 0.252 e. The van der Waals surface area contributed by atoms with Gasteiger partial charge in [0.2, 0.25) is 0 Å². The Morgan fingerprint density at radius 2 is 2.00 bits per heavy atom. The fourth-order valence-electron chi connectivity index (χ4n) is 2.16. The molecule has 8 heteroatoms. The Bertz CT molecular complexity index is 837. The Morgan fingerprint density at radius 3 is 2.67 bits per heavy atom. The molecule has 0 fully saturated rings. The first kappa shape index (κ1) is 15.6. The molecule has 122 valence electrons. The minimum absolute atomic E-state index is 0.236. The van der Waals surface area contributed by atoms with Crippen molar-refractivity contribution >= 4 is 11.7 Å². The first-order valence-electron chi connectivity index (χ1n) is 7.52. The van der Waals surface area contributed by atoms with Crippen molar-refractivity contribution in [1.29, 1.82) is 0 Å². The molecule has 2 heterocycles. The summed E-state index contributed by atoms with van der Waals surface area (Å²) in [6.45, 7) is 6.33. The average Bonchev–Trinajstić information content (AvgIpc) is 3.29. The molecular formula is C16H17N7O. The molecule has 0 unspecified atom stereocenters. The molecule has 1 amide bonds. The third-order valence-electron chi connectivity index (χ3n) is 3.37. The minimum atomic E-state index is -0.271. The molecule has 0 radical (unpaired) electrons. The van der Waals surface area contributed by atoms with Crippen LogP contribution in [0.4, 0.5) is 5.82 Å². The van der Waals surface area contributed by atoms with Crippen LogP contribution in [0.15, 0.2) is 55.4 Å². The maximum atomic E-state index is 12.2. The molecule has 3 aromatic rings. The van der Waals surface area contributed by atoms with Gasteiger partial charge in [0.25, 0.3) is 5.91 Å². The fourth-order valence-corrected chi connectivity index (χ4v) is 2.16. The number of nitrogens with zero attached hydrogens (tertiary/aromatic N) is 7. The summed E-state index contributed by atoms with van der Waals surface area (Å²) >= 11 is 0. The number of hydrogen-bond acceptors (Lipinski definition) is 5. The van der Waals surface area contributed by atoms with Gasteiger partial charge in [-0.2, -0.15) is 24.9 Å². The monoisotopic (exact) mass is 323 g/mol. The van der Waals surface area contributed by atoms with E-state index in [1.807, 2.05) is 37.3 Å². The number of carbonyl (C=O) groups is 1. The van der Waals surface area contributed by atoms with Gasteiger partial charge in [-0.3, -0.25) is 9.69 Å². The molecule has 24 heavy (non-hydrogen) atoms. The Labute approximate surface area is 139 Å². The zero-order valence-electron chi connectivity index (χ0n) is 13.3. The normalized spacial score (nSPS) is 10.5. The van der Waals surface area contributed by atoms with E-state index in [4.69, 9.17) is 0 Å². The second-order valence-electron chi connectivity index (χ2n) is 4.98. The summed E-state index contributed by atoms with van der Waals surface area (Å²) < 4.78 is 0. The third-order valence-corrected chi connectivity index (χ3v) is 3.37. The number of hydrogen-bond donors (Lipinski definition) is 0. The summed E-state index contributed by atoms with van der Waals surface area (Å²) in [6.07, 6.45) is 4.42. The van der Waals surface area contributed by atoms with Gasteiger partial charge < -0.3 is 0 Å². The van der Waals surface area contributed by atoms with E-state index in [1.54, 1.807) is 12.4 Å². The van der Waals surface area contributed by atoms with Gasteiger partial charge in [-0.25, -0.2) is 0 Å². The van der Waals surface area contributed by atoms with E-state index in [9.17, 15) is 4.79 Å². The van der Waals surface area contributed by atoms with E-state index in [0.29, 0.717) is 18.1 Å². The highest BCUT2D eigenvalue weighted by Crippen LogP contribution is 2.14. The lowest BCUT2D eigenvalue weighted by Gasteiger charge is -2.16.